The molecule has 0 aliphatic carbocycles. The number of anilines is 8. The molecule has 28 nitrogen and oxygen atoms in total. The van der Waals surface area contributed by atoms with Crippen molar-refractivity contribution in [1.29, 1.82) is 0 Å². The van der Waals surface area contributed by atoms with Gasteiger partial charge < -0.3 is 45.7 Å². The van der Waals surface area contributed by atoms with Crippen LogP contribution in [0.4, 0.5) is 80.6 Å². The predicted octanol–water partition coefficient (Wildman–Crippen LogP) is 25.4. The Balaban J connectivity index is 0.000000285. The van der Waals surface area contributed by atoms with Gasteiger partial charge in [-0.2, -0.15) is 15.6 Å². The van der Waals surface area contributed by atoms with E-state index in [2.05, 4.69) is 242 Å². The maximum Gasteiger partial charge on any atom is 0.399 e. The average molecular weight is 2080 g/mol. The number of H-pyrrole nitrogens is 3. The van der Waals surface area contributed by atoms with E-state index >= 15 is 0 Å². The summed E-state index contributed by atoms with van der Waals surface area (Å²) in [6.45, 7) is 66.1. The van der Waals surface area contributed by atoms with Crippen LogP contribution in [0, 0.1) is 100 Å². The molecule has 39 heteroatoms. The number of tetrazole rings is 3. The Hall–Kier alpha value is -12.7. The molecule has 3 heterocycles. The van der Waals surface area contributed by atoms with E-state index in [1.165, 1.54) is 34.8 Å². The van der Waals surface area contributed by atoms with E-state index in [-0.39, 0.29) is 89.5 Å². The van der Waals surface area contributed by atoms with Crippen molar-refractivity contribution in [2.24, 2.45) is 52.1 Å². The van der Waals surface area contributed by atoms with Gasteiger partial charge in [-0.05, 0) is 176 Å². The molecule has 11 aromatic rings. The topological polar surface area (TPSA) is 346 Å². The first kappa shape index (κ1) is 122. The molecule has 7 N–H and O–H groups in total. The van der Waals surface area contributed by atoms with Gasteiger partial charge >= 0.3 is 13.2 Å². The van der Waals surface area contributed by atoms with Gasteiger partial charge in [-0.3, -0.25) is 29.2 Å². The first-order chi connectivity index (χ1) is 68.9. The predicted molar refractivity (Wildman–Crippen MR) is 573 cm³/mol. The van der Waals surface area contributed by atoms with Gasteiger partial charge in [0.2, 0.25) is 29.7 Å². The van der Waals surface area contributed by atoms with Crippen molar-refractivity contribution in [2.75, 3.05) is 93.2 Å². The molecule has 0 fully saturated rings. The summed E-state index contributed by atoms with van der Waals surface area (Å²) >= 11 is -0.688. The van der Waals surface area contributed by atoms with Crippen LogP contribution in [0.3, 0.4) is 0 Å². The molecule has 0 saturated carbocycles. The van der Waals surface area contributed by atoms with Gasteiger partial charge in [-0.1, -0.05) is 234 Å². The Morgan fingerprint density at radius 2 is 0.589 bits per heavy atom. The van der Waals surface area contributed by atoms with Crippen LogP contribution in [0.15, 0.2) is 150 Å². The van der Waals surface area contributed by atoms with Crippen LogP contribution in [0.5, 0.6) is 0 Å². The van der Waals surface area contributed by atoms with Gasteiger partial charge in [-0.15, -0.1) is 35.4 Å². The highest BCUT2D eigenvalue weighted by molar-refractivity contribution is 7.06. The van der Waals surface area contributed by atoms with Crippen LogP contribution in [0.2, 0.25) is 30.2 Å². The van der Waals surface area contributed by atoms with E-state index in [9.17, 15) is 54.3 Å². The van der Waals surface area contributed by atoms with Crippen molar-refractivity contribution in [3.8, 4) is 0 Å². The normalized spacial score (nSPS) is 12.0. The van der Waals surface area contributed by atoms with Gasteiger partial charge in [0.1, 0.15) is 54.8 Å². The summed E-state index contributed by atoms with van der Waals surface area (Å²) in [5.41, 5.74) is 18.0. The summed E-state index contributed by atoms with van der Waals surface area (Å²) in [7, 11) is 4.34. The van der Waals surface area contributed by atoms with Gasteiger partial charge in [0, 0.05) is 107 Å². The Morgan fingerprint density at radius 1 is 0.370 bits per heavy atom. The molecule has 788 valence electrons. The first-order valence-corrected chi connectivity index (χ1v) is 56.5. The summed E-state index contributed by atoms with van der Waals surface area (Å²) < 4.78 is 113. The fraction of sp³-hybridized carbons (Fsp3) is 0.477. The molecule has 0 saturated heterocycles. The maximum atomic E-state index is 14.1. The SMILES string of the molecule is CC(C)CN(CC(C)C)c1ccc(C(C)c2nn[nH]n2)cc1NC(=O)Cc1ccc(F)cc1F.CC(C)CN(CC(C)C)c1ccc(C(C)c2nn[nH]n2)cc1NC(=O)Cc1ccc(F)cc1F.CC(C)CN(CC(C)C)c1ccc(C(C)c2nn[nH]n2)cc1NC(=O)Cc1ccc(F)cc1F.C[CH2][Al]([Cl])[CH2]C.C[Si](C)(C)N=[N+]=[N-].[C-]#[N+]C(C)c1ccc(N(CC(C)C)CC(C)C)c(NC(=O)Cc2ccc(F)cc2F)c1. The Kier molecular flexibility index (Phi) is 50.5. The lowest BCUT2D eigenvalue weighted by atomic mass is 9.98. The minimum absolute atomic E-state index is 0.132. The second-order valence-corrected chi connectivity index (χ2v) is 50.0. The number of carbonyl (C=O) groups excluding carboxylic acids is 4. The lowest BCUT2D eigenvalue weighted by Gasteiger charge is -2.31. The standard InChI is InChI=1S/3C25H32F2N6O.C25H31F2N3O.C3H9N3Si.2C2H5.Al.ClH/c3*1-15(2)13-33(14-16(3)4)23-9-7-18(17(5)25-29-31-32-30-25)10-22(23)28-24(34)11-19-6-8-20(26)12-21(19)27;1-16(2)14-30(15-17(3)4)24-10-8-19(18(5)28-6)11-23(24)29-25(31)12-20-7-9-21(26)13-22(20)27;1-7(2,3)6-5-4;2*1-2;;/h3*6-10,12,15-17H,11,13-14H2,1-5H3,(H,28,34)(H,29,30,31,32);7-11,13,16-18H,12,14-15H2,1-5H3,(H,29,31);1-3H3;2*1H2,2H3;;1H/q;;;;;;;+1;/p-1. The van der Waals surface area contributed by atoms with Crippen LogP contribution < -0.4 is 40.9 Å². The highest BCUT2D eigenvalue weighted by atomic mass is 35.6. The molecular formula is C107H146AlClF8N24O4Si. The number of benzene rings is 8. The second-order valence-electron chi connectivity index (χ2n) is 40.8. The molecule has 0 spiro atoms. The fourth-order valence-electron chi connectivity index (χ4n) is 15.5. The Labute approximate surface area is 864 Å². The monoisotopic (exact) mass is 2070 g/mol. The number of halogens is 9. The zero-order valence-corrected chi connectivity index (χ0v) is 91.8. The molecule has 0 bridgehead atoms. The molecule has 146 heavy (non-hydrogen) atoms. The molecular weight excluding hydrogens is 1930 g/mol. The van der Waals surface area contributed by atoms with Crippen LogP contribution in [-0.2, 0) is 44.9 Å². The molecule has 4 atom stereocenters. The van der Waals surface area contributed by atoms with Crippen LogP contribution >= 0.6 is 10.0 Å². The summed E-state index contributed by atoms with van der Waals surface area (Å²) in [6, 6.07) is 35.9. The number of hydrogen-bond donors (Lipinski definition) is 7. The van der Waals surface area contributed by atoms with Crippen LogP contribution in [0.25, 0.3) is 15.3 Å². The van der Waals surface area contributed by atoms with E-state index in [0.717, 1.165) is 146 Å². The minimum Gasteiger partial charge on any atom is -0.369 e. The number of hydrogen-bond acceptors (Lipinski definition) is 18. The zero-order valence-electron chi connectivity index (χ0n) is 88.9. The molecule has 8 aromatic carbocycles. The van der Waals surface area contributed by atoms with Crippen molar-refractivity contribution in [3.63, 3.8) is 0 Å². The Morgan fingerprint density at radius 3 is 0.753 bits per heavy atom. The third-order valence-electron chi connectivity index (χ3n) is 22.3. The van der Waals surface area contributed by atoms with Crippen LogP contribution in [0.1, 0.15) is 238 Å². The summed E-state index contributed by atoms with van der Waals surface area (Å²) in [4.78, 5) is 66.8. The van der Waals surface area contributed by atoms with Crippen molar-refractivity contribution in [1.82, 2.24) is 61.9 Å². The quantitative estimate of drug-likeness (QED) is 0.00467. The van der Waals surface area contributed by atoms with Gasteiger partial charge in [0.15, 0.2) is 17.5 Å². The van der Waals surface area contributed by atoms with E-state index in [1.54, 1.807) is 0 Å². The molecule has 3 aromatic heterocycles. The molecule has 0 radical (unpaired) electrons. The van der Waals surface area contributed by atoms with Gasteiger partial charge in [0.05, 0.1) is 71.2 Å². The number of carbonyl (C=O) groups is 4. The van der Waals surface area contributed by atoms with Gasteiger partial charge in [-0.25, -0.2) is 41.7 Å². The maximum absolute atomic E-state index is 14.1. The highest BCUT2D eigenvalue weighted by Gasteiger charge is 2.28. The summed E-state index contributed by atoms with van der Waals surface area (Å²) in [6.07, 6.45) is -0.817. The van der Waals surface area contributed by atoms with Gasteiger partial charge in [0.25, 0.3) is 0 Å². The van der Waals surface area contributed by atoms with Crippen molar-refractivity contribution in [2.45, 2.75) is 232 Å². The highest BCUT2D eigenvalue weighted by Crippen LogP contribution is 2.39. The number of nitrogens with zero attached hydrogens (tertiary/aromatic N) is 17. The largest absolute Gasteiger partial charge is 0.399 e. The Bertz CT molecular complexity index is 5550. The lowest BCUT2D eigenvalue weighted by molar-refractivity contribution is -0.116. The first-order valence-electron chi connectivity index (χ1n) is 49.7. The average Bonchev–Trinajstić information content (AvgIpc) is 1.29. The molecule has 4 amide bonds. The minimum atomic E-state index is -1.45. The number of azide groups is 1. The number of aromatic nitrogens is 12. The lowest BCUT2D eigenvalue weighted by Crippen LogP contribution is -2.32. The summed E-state index contributed by atoms with van der Waals surface area (Å²) in [5, 5.41) is 57.0. The zero-order chi connectivity index (χ0) is 109. The van der Waals surface area contributed by atoms with Crippen molar-refractivity contribution in [3.05, 3.63) is 276 Å². The van der Waals surface area contributed by atoms with E-state index in [0.29, 0.717) is 87.6 Å². The molecule has 4 unspecified atom stereocenters. The third-order valence-corrected chi connectivity index (χ3v) is 26.7. The number of aromatic amines is 3. The third kappa shape index (κ3) is 42.0. The summed E-state index contributed by atoms with van der Waals surface area (Å²) in [5.74, 6) is -2.75. The number of rotatable bonds is 42. The van der Waals surface area contributed by atoms with Crippen molar-refractivity contribution < 1.29 is 54.3 Å². The van der Waals surface area contributed by atoms with E-state index < -0.39 is 73.9 Å². The van der Waals surface area contributed by atoms with Crippen molar-refractivity contribution >= 4 is 101 Å². The molecule has 11 rings (SSSR count). The molecule has 0 aliphatic rings. The fourth-order valence-corrected chi connectivity index (χ4v) is 16.4. The smallest absolute Gasteiger partial charge is 0.369 e. The number of nitrogens with one attached hydrogen (secondary N) is 7. The second kappa shape index (κ2) is 60.4. The number of amides is 4. The van der Waals surface area contributed by atoms with E-state index in [1.807, 2.05) is 120 Å². The van der Waals surface area contributed by atoms with E-state index in [4.69, 9.17) is 22.2 Å². The molecule has 0 aliphatic heterocycles. The van der Waals surface area contributed by atoms with Crippen LogP contribution in [-0.4, -0.2) is 159 Å².